The van der Waals surface area contributed by atoms with Crippen molar-refractivity contribution in [1.29, 1.82) is 5.41 Å². The lowest BCUT2D eigenvalue weighted by Crippen LogP contribution is -2.46. The number of guanidine groups is 1. The number of anilines is 1. The molecule has 0 fully saturated rings. The zero-order valence-corrected chi connectivity index (χ0v) is 20.9. The Labute approximate surface area is 219 Å². The standard InChI is InChI=1S/C27H29N5O4S/c28-27(29)31-21-11-7-10-20(16-21)25(34)30-17-24(33)32-23(14-15-37-22-12-5-2-6-13-22)26(35)36-18-19-8-3-1-4-9-19/h1-13,16,23H,14-15,17-18H2,(H,30,34)(H,32,33)(H4,28,29,31). The van der Waals surface area contributed by atoms with E-state index in [4.69, 9.17) is 15.9 Å². The molecule has 192 valence electrons. The molecule has 0 aliphatic carbocycles. The zero-order valence-electron chi connectivity index (χ0n) is 20.1. The molecular weight excluding hydrogens is 490 g/mol. The van der Waals surface area contributed by atoms with Crippen molar-refractivity contribution in [2.24, 2.45) is 5.73 Å². The molecule has 0 aliphatic heterocycles. The number of thioether (sulfide) groups is 1. The Kier molecular flexibility index (Phi) is 10.5. The Hall–Kier alpha value is -4.31. The summed E-state index contributed by atoms with van der Waals surface area (Å²) in [5, 5.41) is 15.1. The molecule has 2 amide bonds. The van der Waals surface area contributed by atoms with Gasteiger partial charge in [-0.15, -0.1) is 11.8 Å². The van der Waals surface area contributed by atoms with Gasteiger partial charge in [0.1, 0.15) is 12.6 Å². The molecular formula is C27H29N5O4S. The molecule has 0 saturated carbocycles. The van der Waals surface area contributed by atoms with Crippen LogP contribution in [0.25, 0.3) is 0 Å². The van der Waals surface area contributed by atoms with Gasteiger partial charge in [-0.1, -0.05) is 54.6 Å². The molecule has 0 aliphatic rings. The van der Waals surface area contributed by atoms with Crippen molar-refractivity contribution in [1.82, 2.24) is 10.6 Å². The Morgan fingerprint density at radius 1 is 0.946 bits per heavy atom. The second-order valence-corrected chi connectivity index (χ2v) is 9.13. The summed E-state index contributed by atoms with van der Waals surface area (Å²) in [7, 11) is 0. The number of carbonyl (C=O) groups excluding carboxylic acids is 3. The minimum atomic E-state index is -0.868. The number of esters is 1. The van der Waals surface area contributed by atoms with E-state index in [0.717, 1.165) is 10.5 Å². The van der Waals surface area contributed by atoms with Gasteiger partial charge in [0.2, 0.25) is 5.91 Å². The first kappa shape index (κ1) is 27.3. The topological polar surface area (TPSA) is 146 Å². The van der Waals surface area contributed by atoms with Crippen LogP contribution in [0, 0.1) is 5.41 Å². The Bertz CT molecular complexity index is 1210. The lowest BCUT2D eigenvalue weighted by molar-refractivity contribution is -0.149. The minimum absolute atomic E-state index is 0.0965. The van der Waals surface area contributed by atoms with Crippen LogP contribution in [0.1, 0.15) is 22.3 Å². The van der Waals surface area contributed by atoms with Gasteiger partial charge in [-0.05, 0) is 42.3 Å². The maximum absolute atomic E-state index is 12.8. The normalized spacial score (nSPS) is 11.1. The van der Waals surface area contributed by atoms with Crippen molar-refractivity contribution in [3.63, 3.8) is 0 Å². The van der Waals surface area contributed by atoms with Crippen LogP contribution in [-0.4, -0.2) is 42.1 Å². The number of rotatable bonds is 12. The van der Waals surface area contributed by atoms with Gasteiger partial charge in [0.05, 0.1) is 6.54 Å². The van der Waals surface area contributed by atoms with E-state index in [-0.39, 0.29) is 24.7 Å². The highest BCUT2D eigenvalue weighted by atomic mass is 32.2. The lowest BCUT2D eigenvalue weighted by Gasteiger charge is -2.18. The molecule has 1 atom stereocenters. The SMILES string of the molecule is N=C(N)Nc1cccc(C(=O)NCC(=O)NC(CCSc2ccccc2)C(=O)OCc2ccccc2)c1. The van der Waals surface area contributed by atoms with Crippen LogP contribution in [0.15, 0.2) is 89.8 Å². The third kappa shape index (κ3) is 9.69. The molecule has 1 unspecified atom stereocenters. The number of hydrogen-bond acceptors (Lipinski definition) is 6. The van der Waals surface area contributed by atoms with Gasteiger partial charge in [0.15, 0.2) is 5.96 Å². The molecule has 10 heteroatoms. The molecule has 6 N–H and O–H groups in total. The second-order valence-electron chi connectivity index (χ2n) is 7.97. The molecule has 3 aromatic rings. The number of nitrogens with two attached hydrogens (primary N) is 1. The number of amides is 2. The van der Waals surface area contributed by atoms with Crippen molar-refractivity contribution in [3.05, 3.63) is 96.1 Å². The lowest BCUT2D eigenvalue weighted by atomic mass is 10.2. The fourth-order valence-corrected chi connectivity index (χ4v) is 4.23. The van der Waals surface area contributed by atoms with E-state index in [0.29, 0.717) is 17.9 Å². The van der Waals surface area contributed by atoms with Crippen LogP contribution in [0.2, 0.25) is 0 Å². The average molecular weight is 520 g/mol. The summed E-state index contributed by atoms with van der Waals surface area (Å²) in [4.78, 5) is 39.0. The summed E-state index contributed by atoms with van der Waals surface area (Å²) < 4.78 is 5.45. The molecule has 3 aromatic carbocycles. The van der Waals surface area contributed by atoms with E-state index in [2.05, 4.69) is 16.0 Å². The van der Waals surface area contributed by atoms with Gasteiger partial charge in [-0.2, -0.15) is 0 Å². The highest BCUT2D eigenvalue weighted by molar-refractivity contribution is 7.99. The van der Waals surface area contributed by atoms with E-state index in [1.807, 2.05) is 60.7 Å². The van der Waals surface area contributed by atoms with E-state index in [9.17, 15) is 14.4 Å². The molecule has 3 rings (SSSR count). The smallest absolute Gasteiger partial charge is 0.329 e. The summed E-state index contributed by atoms with van der Waals surface area (Å²) >= 11 is 1.57. The van der Waals surface area contributed by atoms with Crippen LogP contribution in [0.4, 0.5) is 5.69 Å². The number of carbonyl (C=O) groups is 3. The Morgan fingerprint density at radius 2 is 1.65 bits per heavy atom. The summed E-state index contributed by atoms with van der Waals surface area (Å²) in [5.74, 6) is -1.21. The molecule has 37 heavy (non-hydrogen) atoms. The minimum Gasteiger partial charge on any atom is -0.459 e. The van der Waals surface area contributed by atoms with Gasteiger partial charge in [0, 0.05) is 21.9 Å². The van der Waals surface area contributed by atoms with Crippen LogP contribution in [-0.2, 0) is 20.9 Å². The fourth-order valence-electron chi connectivity index (χ4n) is 3.29. The van der Waals surface area contributed by atoms with Crippen molar-refractivity contribution in [2.75, 3.05) is 17.6 Å². The van der Waals surface area contributed by atoms with E-state index < -0.39 is 23.8 Å². The maximum atomic E-state index is 12.8. The van der Waals surface area contributed by atoms with E-state index in [1.165, 1.54) is 6.07 Å². The van der Waals surface area contributed by atoms with Gasteiger partial charge in [-0.25, -0.2) is 4.79 Å². The average Bonchev–Trinajstić information content (AvgIpc) is 2.90. The highest BCUT2D eigenvalue weighted by Gasteiger charge is 2.23. The summed E-state index contributed by atoms with van der Waals surface area (Å²) in [6.07, 6.45) is 0.353. The van der Waals surface area contributed by atoms with Crippen LogP contribution >= 0.6 is 11.8 Å². The van der Waals surface area contributed by atoms with Crippen LogP contribution in [0.3, 0.4) is 0 Å². The van der Waals surface area contributed by atoms with Crippen LogP contribution < -0.4 is 21.7 Å². The zero-order chi connectivity index (χ0) is 26.5. The summed E-state index contributed by atoms with van der Waals surface area (Å²) in [6, 6.07) is 24.5. The quantitative estimate of drug-likeness (QED) is 0.107. The predicted molar refractivity (Wildman–Crippen MR) is 144 cm³/mol. The molecule has 0 saturated heterocycles. The van der Waals surface area contributed by atoms with Crippen molar-refractivity contribution in [2.45, 2.75) is 24.0 Å². The first-order valence-corrected chi connectivity index (χ1v) is 12.6. The van der Waals surface area contributed by atoms with Crippen molar-refractivity contribution in [3.8, 4) is 0 Å². The predicted octanol–water partition coefficient (Wildman–Crippen LogP) is 3.13. The van der Waals surface area contributed by atoms with Gasteiger partial charge in [0.25, 0.3) is 5.91 Å². The number of benzene rings is 3. The molecule has 0 spiro atoms. The monoisotopic (exact) mass is 519 g/mol. The summed E-state index contributed by atoms with van der Waals surface area (Å²) in [6.45, 7) is -0.225. The number of hydrogen-bond donors (Lipinski definition) is 5. The maximum Gasteiger partial charge on any atom is 0.329 e. The first-order valence-electron chi connectivity index (χ1n) is 11.6. The number of nitrogens with one attached hydrogen (secondary N) is 4. The second kappa shape index (κ2) is 14.3. The Balaban J connectivity index is 1.55. The first-order chi connectivity index (χ1) is 17.9. The molecule has 0 bridgehead atoms. The third-order valence-electron chi connectivity index (χ3n) is 5.08. The molecule has 0 radical (unpaired) electrons. The molecule has 9 nitrogen and oxygen atoms in total. The van der Waals surface area contributed by atoms with Crippen LogP contribution in [0.5, 0.6) is 0 Å². The van der Waals surface area contributed by atoms with Gasteiger partial charge in [-0.3, -0.25) is 15.0 Å². The van der Waals surface area contributed by atoms with Gasteiger partial charge < -0.3 is 26.4 Å². The molecule has 0 heterocycles. The van der Waals surface area contributed by atoms with Crippen molar-refractivity contribution >= 4 is 41.2 Å². The third-order valence-corrected chi connectivity index (χ3v) is 6.12. The van der Waals surface area contributed by atoms with Gasteiger partial charge >= 0.3 is 5.97 Å². The van der Waals surface area contributed by atoms with E-state index in [1.54, 1.807) is 30.0 Å². The summed E-state index contributed by atoms with van der Waals surface area (Å²) in [5.41, 5.74) is 6.93. The van der Waals surface area contributed by atoms with E-state index >= 15 is 0 Å². The number of ether oxygens (including phenoxy) is 1. The fraction of sp³-hybridized carbons (Fsp3) is 0.185. The highest BCUT2D eigenvalue weighted by Crippen LogP contribution is 2.19. The largest absolute Gasteiger partial charge is 0.459 e. The molecule has 0 aromatic heterocycles. The Morgan fingerprint density at radius 3 is 2.35 bits per heavy atom. The van der Waals surface area contributed by atoms with Crippen molar-refractivity contribution < 1.29 is 19.1 Å².